The SMILES string of the molecule is CC1(C[C@]2(c3ccc(-c4cnn(C5CC5)c4)cc3)N=C(N)N([C@H](COC(=O)CC3(C(C)(F)F)CC3)c3ccc(Cl)c(-c4ncnn4C(F)F)c3)C2=O)CC1. The molecule has 2 aromatic carbocycles. The lowest BCUT2D eigenvalue weighted by Gasteiger charge is -2.33. The summed E-state index contributed by atoms with van der Waals surface area (Å²) in [6.07, 6.45) is 8.93. The summed E-state index contributed by atoms with van der Waals surface area (Å²) in [5.41, 5.74) is 6.39. The fraction of sp³-hybridized carbons (Fsp3) is 0.474. The number of hydrogen-bond donors (Lipinski definition) is 1. The van der Waals surface area contributed by atoms with Gasteiger partial charge in [0, 0.05) is 22.7 Å². The second kappa shape index (κ2) is 12.9. The average molecular weight is 767 g/mol. The molecule has 2 N–H and O–H groups in total. The third kappa shape index (κ3) is 6.53. The van der Waals surface area contributed by atoms with Crippen molar-refractivity contribution < 1.29 is 31.9 Å². The molecule has 3 heterocycles. The molecule has 0 bridgehead atoms. The number of ether oxygens (including phenoxy) is 1. The number of nitrogens with zero attached hydrogens (tertiary/aromatic N) is 7. The number of halogens is 5. The molecule has 2 aromatic heterocycles. The number of benzene rings is 2. The Kier molecular flexibility index (Phi) is 8.66. The average Bonchev–Trinajstić information content (AvgIpc) is 4.10. The molecule has 54 heavy (non-hydrogen) atoms. The highest BCUT2D eigenvalue weighted by molar-refractivity contribution is 6.33. The number of guanidine groups is 1. The van der Waals surface area contributed by atoms with Crippen molar-refractivity contribution in [2.75, 3.05) is 6.61 Å². The minimum atomic E-state index is -3.09. The van der Waals surface area contributed by atoms with E-state index in [4.69, 9.17) is 27.1 Å². The third-order valence-electron chi connectivity index (χ3n) is 11.5. The van der Waals surface area contributed by atoms with Gasteiger partial charge in [-0.15, -0.1) is 0 Å². The van der Waals surface area contributed by atoms with Crippen LogP contribution in [0.3, 0.4) is 0 Å². The normalized spacial score (nSPS) is 22.0. The predicted molar refractivity (Wildman–Crippen MR) is 190 cm³/mol. The van der Waals surface area contributed by atoms with E-state index in [9.17, 15) is 22.4 Å². The Morgan fingerprint density at radius 2 is 1.80 bits per heavy atom. The van der Waals surface area contributed by atoms with Crippen LogP contribution in [0.2, 0.25) is 5.02 Å². The molecule has 3 aliphatic carbocycles. The molecule has 0 radical (unpaired) electrons. The van der Waals surface area contributed by atoms with Gasteiger partial charge in [-0.25, -0.2) is 18.8 Å². The fourth-order valence-corrected chi connectivity index (χ4v) is 7.73. The lowest BCUT2D eigenvalue weighted by Crippen LogP contribution is -2.47. The molecule has 11 nitrogen and oxygen atoms in total. The molecule has 4 aliphatic rings. The zero-order valence-electron chi connectivity index (χ0n) is 29.7. The van der Waals surface area contributed by atoms with Gasteiger partial charge >= 0.3 is 12.5 Å². The van der Waals surface area contributed by atoms with Crippen molar-refractivity contribution in [2.24, 2.45) is 21.6 Å². The second-order valence-electron chi connectivity index (χ2n) is 15.6. The zero-order valence-corrected chi connectivity index (χ0v) is 30.4. The van der Waals surface area contributed by atoms with E-state index in [1.165, 1.54) is 17.0 Å². The summed E-state index contributed by atoms with van der Waals surface area (Å²) >= 11 is 6.50. The maximum Gasteiger partial charge on any atom is 0.335 e. The van der Waals surface area contributed by atoms with E-state index >= 15 is 4.79 Å². The molecule has 8 rings (SSSR count). The molecular weight excluding hydrogens is 728 g/mol. The lowest BCUT2D eigenvalue weighted by atomic mass is 9.79. The summed E-state index contributed by atoms with van der Waals surface area (Å²) in [6.45, 7) is -0.653. The zero-order chi connectivity index (χ0) is 38.2. The number of aromatic nitrogens is 5. The molecule has 4 aromatic rings. The fourth-order valence-electron chi connectivity index (χ4n) is 7.53. The van der Waals surface area contributed by atoms with Crippen molar-refractivity contribution in [3.05, 3.63) is 77.3 Å². The van der Waals surface area contributed by atoms with E-state index < -0.39 is 54.4 Å². The first-order valence-corrected chi connectivity index (χ1v) is 18.3. The number of rotatable bonds is 14. The topological polar surface area (TPSA) is 134 Å². The molecule has 1 aliphatic heterocycles. The van der Waals surface area contributed by atoms with Crippen LogP contribution in [0.4, 0.5) is 17.6 Å². The molecule has 2 atom stereocenters. The summed E-state index contributed by atoms with van der Waals surface area (Å²) in [4.78, 5) is 38.4. The van der Waals surface area contributed by atoms with Gasteiger partial charge < -0.3 is 10.5 Å². The van der Waals surface area contributed by atoms with E-state index in [1.54, 1.807) is 6.07 Å². The summed E-state index contributed by atoms with van der Waals surface area (Å²) < 4.78 is 64.6. The first-order chi connectivity index (χ1) is 25.6. The van der Waals surface area contributed by atoms with Gasteiger partial charge in [-0.3, -0.25) is 19.2 Å². The van der Waals surface area contributed by atoms with Gasteiger partial charge in [0.1, 0.15) is 12.9 Å². The van der Waals surface area contributed by atoms with Gasteiger partial charge in [0.25, 0.3) is 11.8 Å². The quantitative estimate of drug-likeness (QED) is 0.102. The van der Waals surface area contributed by atoms with Crippen molar-refractivity contribution in [1.29, 1.82) is 0 Å². The Balaban J connectivity index is 1.16. The number of esters is 1. The number of hydrogen-bond acceptors (Lipinski definition) is 8. The third-order valence-corrected chi connectivity index (χ3v) is 11.8. The molecule has 3 saturated carbocycles. The van der Waals surface area contributed by atoms with Crippen molar-refractivity contribution in [3.8, 4) is 22.5 Å². The Morgan fingerprint density at radius 3 is 2.43 bits per heavy atom. The molecule has 0 unspecified atom stereocenters. The highest BCUT2D eigenvalue weighted by atomic mass is 35.5. The van der Waals surface area contributed by atoms with Crippen LogP contribution in [0.5, 0.6) is 0 Å². The van der Waals surface area contributed by atoms with E-state index in [2.05, 4.69) is 22.1 Å². The van der Waals surface area contributed by atoms with Crippen LogP contribution < -0.4 is 5.73 Å². The molecule has 0 saturated heterocycles. The van der Waals surface area contributed by atoms with E-state index in [1.807, 2.05) is 41.3 Å². The van der Waals surface area contributed by atoms with E-state index in [0.717, 1.165) is 50.1 Å². The maximum absolute atomic E-state index is 15.1. The van der Waals surface area contributed by atoms with Gasteiger partial charge in [-0.1, -0.05) is 48.9 Å². The first-order valence-electron chi connectivity index (χ1n) is 18.0. The van der Waals surface area contributed by atoms with Crippen molar-refractivity contribution >= 4 is 29.4 Å². The van der Waals surface area contributed by atoms with Crippen LogP contribution in [-0.2, 0) is 19.9 Å². The number of carbonyl (C=O) groups is 2. The van der Waals surface area contributed by atoms with Gasteiger partial charge in [-0.2, -0.15) is 23.7 Å². The molecule has 3 fully saturated rings. The predicted octanol–water partition coefficient (Wildman–Crippen LogP) is 7.84. The number of alkyl halides is 4. The minimum Gasteiger partial charge on any atom is -0.463 e. The van der Waals surface area contributed by atoms with Crippen LogP contribution in [0.1, 0.15) is 95.0 Å². The van der Waals surface area contributed by atoms with Crippen molar-refractivity contribution in [1.82, 2.24) is 29.4 Å². The molecule has 1 amide bonds. The summed E-state index contributed by atoms with van der Waals surface area (Å²) in [7, 11) is 0. The molecule has 16 heteroatoms. The minimum absolute atomic E-state index is 0.0680. The number of nitrogens with two attached hydrogens (primary N) is 1. The Labute approximate surface area is 313 Å². The highest BCUT2D eigenvalue weighted by Crippen LogP contribution is 2.59. The second-order valence-corrected chi connectivity index (χ2v) is 16.0. The standard InChI is InChI=1S/C38H39ClF4N8O3/c1-35(11-12-35)20-38(25-6-3-22(4-7-25)24-17-46-49(18-24)26-8-9-26)32(53)50(34(44)48-38)29(19-54-30(52)16-37(13-14-37)36(2,42)43)23-5-10-28(39)27(15-23)31-45-21-47-51(31)33(40)41/h3-7,10,15,17-18,21,26,29,33H,8-9,11-14,16,19-20H2,1-2H3,(H2,44,48)/t29-,38-/m1/s1. The highest BCUT2D eigenvalue weighted by Gasteiger charge is 2.60. The maximum atomic E-state index is 15.1. The van der Waals surface area contributed by atoms with Gasteiger partial charge in [-0.05, 0) is 86.1 Å². The van der Waals surface area contributed by atoms with Crippen LogP contribution in [0.25, 0.3) is 22.5 Å². The molecule has 0 spiro atoms. The van der Waals surface area contributed by atoms with Crippen molar-refractivity contribution in [3.63, 3.8) is 0 Å². The van der Waals surface area contributed by atoms with Crippen LogP contribution in [0.15, 0.2) is 66.2 Å². The Bertz CT molecular complexity index is 2140. The summed E-state index contributed by atoms with van der Waals surface area (Å²) in [6, 6.07) is 11.3. The van der Waals surface area contributed by atoms with Gasteiger partial charge in [0.15, 0.2) is 17.3 Å². The van der Waals surface area contributed by atoms with Gasteiger partial charge in [0.05, 0.1) is 29.7 Å². The molecular formula is C38H39ClF4N8O3. The summed E-state index contributed by atoms with van der Waals surface area (Å²) in [5.74, 6) is -4.82. The molecule has 284 valence electrons. The number of carbonyl (C=O) groups excluding carboxylic acids is 2. The smallest absolute Gasteiger partial charge is 0.335 e. The number of amides is 1. The van der Waals surface area contributed by atoms with Crippen LogP contribution in [0, 0.1) is 10.8 Å². The van der Waals surface area contributed by atoms with Crippen molar-refractivity contribution in [2.45, 2.75) is 95.3 Å². The lowest BCUT2D eigenvalue weighted by molar-refractivity contribution is -0.153. The largest absolute Gasteiger partial charge is 0.463 e. The Morgan fingerprint density at radius 1 is 1.07 bits per heavy atom. The Hall–Kier alpha value is -4.79. The van der Waals surface area contributed by atoms with E-state index in [0.29, 0.717) is 28.3 Å². The summed E-state index contributed by atoms with van der Waals surface area (Å²) in [5, 5.41) is 8.19. The van der Waals surface area contributed by atoms with Crippen LogP contribution >= 0.6 is 11.6 Å². The first kappa shape index (κ1) is 36.2. The van der Waals surface area contributed by atoms with Crippen LogP contribution in [-0.4, -0.2) is 59.8 Å². The number of aliphatic imine (C=N–C) groups is 1. The monoisotopic (exact) mass is 766 g/mol. The van der Waals surface area contributed by atoms with Gasteiger partial charge in [0.2, 0.25) is 0 Å². The van der Waals surface area contributed by atoms with E-state index in [-0.39, 0.29) is 40.6 Å².